The Morgan fingerprint density at radius 2 is 2.23 bits per heavy atom. The Balaban J connectivity index is 1.62. The molecule has 7 nitrogen and oxygen atoms in total. The summed E-state index contributed by atoms with van der Waals surface area (Å²) < 4.78 is 42.4. The van der Waals surface area contributed by atoms with Crippen molar-refractivity contribution >= 4 is 10.0 Å². The third kappa shape index (κ3) is 3.13. The number of para-hydroxylation sites is 1. The number of ether oxygens (including phenoxy) is 2. The molecule has 0 amide bonds. The van der Waals surface area contributed by atoms with E-state index in [-0.39, 0.29) is 17.0 Å². The molecule has 1 aromatic carbocycles. The Labute approximate surface area is 153 Å². The van der Waals surface area contributed by atoms with Crippen molar-refractivity contribution in [2.24, 2.45) is 0 Å². The van der Waals surface area contributed by atoms with E-state index in [1.807, 2.05) is 23.8 Å². The maximum absolute atomic E-state index is 13.1. The predicted molar refractivity (Wildman–Crippen MR) is 95.6 cm³/mol. The van der Waals surface area contributed by atoms with Crippen LogP contribution in [0, 0.1) is 0 Å². The lowest BCUT2D eigenvalue weighted by molar-refractivity contribution is 0.0925. The summed E-state index contributed by atoms with van der Waals surface area (Å²) in [5.41, 5.74) is 0.944. The number of nitrogens with one attached hydrogen (secondary N) is 1. The Morgan fingerprint density at radius 3 is 3.08 bits per heavy atom. The van der Waals surface area contributed by atoms with Crippen LogP contribution in [0.15, 0.2) is 35.5 Å². The third-order valence-corrected chi connectivity index (χ3v) is 6.44. The summed E-state index contributed by atoms with van der Waals surface area (Å²) in [6, 6.07) is 4.94. The van der Waals surface area contributed by atoms with E-state index in [0.717, 1.165) is 30.8 Å². The van der Waals surface area contributed by atoms with Gasteiger partial charge in [-0.25, -0.2) is 18.1 Å². The molecular weight excluding hydrogens is 354 g/mol. The minimum Gasteiger partial charge on any atom is -0.492 e. The summed E-state index contributed by atoms with van der Waals surface area (Å²) in [5, 5.41) is 0. The largest absolute Gasteiger partial charge is 0.492 e. The summed E-state index contributed by atoms with van der Waals surface area (Å²) in [6.07, 6.45) is 5.55. The van der Waals surface area contributed by atoms with E-state index in [0.29, 0.717) is 25.4 Å². The molecule has 3 heterocycles. The Hall–Kier alpha value is -1.90. The first-order valence-corrected chi connectivity index (χ1v) is 10.5. The molecule has 1 N–H and O–H groups in total. The maximum atomic E-state index is 13.1. The molecule has 0 aliphatic carbocycles. The molecule has 0 unspecified atom stereocenters. The van der Waals surface area contributed by atoms with Gasteiger partial charge in [-0.15, -0.1) is 0 Å². The van der Waals surface area contributed by atoms with Crippen LogP contribution in [0.3, 0.4) is 0 Å². The molecule has 1 aromatic heterocycles. The van der Waals surface area contributed by atoms with Crippen LogP contribution in [0.4, 0.5) is 0 Å². The van der Waals surface area contributed by atoms with E-state index in [2.05, 4.69) is 9.71 Å². The highest BCUT2D eigenvalue weighted by molar-refractivity contribution is 7.89. The van der Waals surface area contributed by atoms with Gasteiger partial charge in [0, 0.05) is 25.5 Å². The second-order valence-electron chi connectivity index (χ2n) is 6.58. The van der Waals surface area contributed by atoms with Gasteiger partial charge >= 0.3 is 0 Å². The lowest BCUT2D eigenvalue weighted by Crippen LogP contribution is -2.38. The van der Waals surface area contributed by atoms with Crippen LogP contribution in [-0.2, 0) is 27.7 Å². The fraction of sp³-hybridized carbons (Fsp3) is 0.500. The van der Waals surface area contributed by atoms with Gasteiger partial charge < -0.3 is 14.0 Å². The SMILES string of the molecule is CCn1ccnc1[C@@H]1OCC[C@H]1NS(=O)(=O)c1cccc2c1OCCC2. The van der Waals surface area contributed by atoms with E-state index < -0.39 is 10.0 Å². The minimum absolute atomic E-state index is 0.208. The molecule has 0 bridgehead atoms. The Morgan fingerprint density at radius 1 is 1.35 bits per heavy atom. The Kier molecular flexibility index (Phi) is 4.73. The lowest BCUT2D eigenvalue weighted by atomic mass is 10.1. The third-order valence-electron chi connectivity index (χ3n) is 4.93. The highest BCUT2D eigenvalue weighted by Gasteiger charge is 2.37. The van der Waals surface area contributed by atoms with Crippen molar-refractivity contribution in [3.05, 3.63) is 42.0 Å². The van der Waals surface area contributed by atoms with Crippen LogP contribution in [-0.4, -0.2) is 37.2 Å². The molecule has 0 saturated carbocycles. The van der Waals surface area contributed by atoms with Crippen molar-refractivity contribution in [2.75, 3.05) is 13.2 Å². The van der Waals surface area contributed by atoms with Gasteiger partial charge in [0.2, 0.25) is 10.0 Å². The average Bonchev–Trinajstić information content (AvgIpc) is 3.29. The van der Waals surface area contributed by atoms with E-state index in [1.54, 1.807) is 18.3 Å². The zero-order valence-electron chi connectivity index (χ0n) is 14.7. The zero-order chi connectivity index (χ0) is 18.1. The molecule has 4 rings (SSSR count). The van der Waals surface area contributed by atoms with Gasteiger partial charge in [0.1, 0.15) is 22.6 Å². The van der Waals surface area contributed by atoms with Gasteiger partial charge in [-0.05, 0) is 37.8 Å². The number of aryl methyl sites for hydroxylation is 2. The first-order chi connectivity index (χ1) is 12.6. The molecule has 2 aliphatic rings. The first kappa shape index (κ1) is 17.5. The smallest absolute Gasteiger partial charge is 0.244 e. The summed E-state index contributed by atoms with van der Waals surface area (Å²) >= 11 is 0. The standard InChI is InChI=1S/C18H23N3O4S/c1-2-21-10-9-19-18(21)17-14(8-12-25-17)20-26(22,23)15-7-3-5-13-6-4-11-24-16(13)15/h3,5,7,9-10,14,17,20H,2,4,6,8,11-12H2,1H3/t14-,17-/m1/s1. The zero-order valence-corrected chi connectivity index (χ0v) is 15.5. The van der Waals surface area contributed by atoms with Crippen LogP contribution >= 0.6 is 0 Å². The molecule has 140 valence electrons. The molecule has 2 aromatic rings. The monoisotopic (exact) mass is 377 g/mol. The summed E-state index contributed by atoms with van der Waals surface area (Å²) in [4.78, 5) is 4.58. The van der Waals surface area contributed by atoms with Crippen LogP contribution in [0.25, 0.3) is 0 Å². The fourth-order valence-corrected chi connectivity index (χ4v) is 5.10. The second kappa shape index (κ2) is 7.02. The second-order valence-corrected chi connectivity index (χ2v) is 8.26. The topological polar surface area (TPSA) is 82.5 Å². The lowest BCUT2D eigenvalue weighted by Gasteiger charge is -2.23. The van der Waals surface area contributed by atoms with Crippen molar-refractivity contribution in [1.82, 2.24) is 14.3 Å². The Bertz CT molecular complexity index is 894. The predicted octanol–water partition coefficient (Wildman–Crippen LogP) is 2.04. The van der Waals surface area contributed by atoms with Crippen molar-refractivity contribution in [3.63, 3.8) is 0 Å². The van der Waals surface area contributed by atoms with Crippen molar-refractivity contribution < 1.29 is 17.9 Å². The number of rotatable bonds is 5. The summed E-state index contributed by atoms with van der Waals surface area (Å²) in [7, 11) is -3.72. The van der Waals surface area contributed by atoms with Gasteiger partial charge in [0.15, 0.2) is 0 Å². The molecular formula is C18H23N3O4S. The quantitative estimate of drug-likeness (QED) is 0.862. The number of hydrogen-bond acceptors (Lipinski definition) is 5. The summed E-state index contributed by atoms with van der Waals surface area (Å²) in [5.74, 6) is 1.24. The van der Waals surface area contributed by atoms with Gasteiger partial charge in [-0.1, -0.05) is 12.1 Å². The minimum atomic E-state index is -3.72. The molecule has 2 aliphatic heterocycles. The van der Waals surface area contributed by atoms with Gasteiger partial charge in [0.25, 0.3) is 0 Å². The number of aromatic nitrogens is 2. The number of hydrogen-bond donors (Lipinski definition) is 1. The molecule has 8 heteroatoms. The van der Waals surface area contributed by atoms with Gasteiger partial charge in [-0.2, -0.15) is 0 Å². The van der Waals surface area contributed by atoms with Gasteiger partial charge in [-0.3, -0.25) is 0 Å². The number of sulfonamides is 1. The molecule has 26 heavy (non-hydrogen) atoms. The highest BCUT2D eigenvalue weighted by Crippen LogP contribution is 2.34. The normalized spacial score (nSPS) is 22.8. The van der Waals surface area contributed by atoms with E-state index in [1.165, 1.54) is 0 Å². The van der Waals surface area contributed by atoms with Crippen LogP contribution in [0.2, 0.25) is 0 Å². The molecule has 0 radical (unpaired) electrons. The van der Waals surface area contributed by atoms with Crippen molar-refractivity contribution in [2.45, 2.75) is 49.8 Å². The van der Waals surface area contributed by atoms with E-state index >= 15 is 0 Å². The fourth-order valence-electron chi connectivity index (χ4n) is 3.64. The van der Waals surface area contributed by atoms with Crippen LogP contribution in [0.1, 0.15) is 37.3 Å². The number of benzene rings is 1. The molecule has 0 spiro atoms. The van der Waals surface area contributed by atoms with E-state index in [9.17, 15) is 8.42 Å². The number of imidazole rings is 1. The van der Waals surface area contributed by atoms with Crippen molar-refractivity contribution in [3.8, 4) is 5.75 Å². The van der Waals surface area contributed by atoms with Crippen molar-refractivity contribution in [1.29, 1.82) is 0 Å². The molecule has 1 saturated heterocycles. The van der Waals surface area contributed by atoms with Gasteiger partial charge in [0.05, 0.1) is 12.6 Å². The summed E-state index contributed by atoms with van der Waals surface area (Å²) in [6.45, 7) is 3.82. The van der Waals surface area contributed by atoms with E-state index in [4.69, 9.17) is 9.47 Å². The average molecular weight is 377 g/mol. The maximum Gasteiger partial charge on any atom is 0.244 e. The molecule has 2 atom stereocenters. The number of nitrogens with zero attached hydrogens (tertiary/aromatic N) is 2. The van der Waals surface area contributed by atoms with Crippen LogP contribution < -0.4 is 9.46 Å². The van der Waals surface area contributed by atoms with Crippen LogP contribution in [0.5, 0.6) is 5.75 Å². The number of fused-ring (bicyclic) bond motifs is 1. The highest BCUT2D eigenvalue weighted by atomic mass is 32.2. The molecule has 1 fully saturated rings. The first-order valence-electron chi connectivity index (χ1n) is 9.00.